The topological polar surface area (TPSA) is 28.2 Å². The minimum absolute atomic E-state index is 0.312. The van der Waals surface area contributed by atoms with Gasteiger partial charge in [-0.1, -0.05) is 44.2 Å². The van der Waals surface area contributed by atoms with Gasteiger partial charge in [-0.2, -0.15) is 5.26 Å². The highest BCUT2D eigenvalue weighted by molar-refractivity contribution is 5.33. The first-order valence-electron chi connectivity index (χ1n) is 6.71. The van der Waals surface area contributed by atoms with Crippen LogP contribution in [0.3, 0.4) is 0 Å². The molecule has 0 spiro atoms. The molecule has 18 heavy (non-hydrogen) atoms. The highest BCUT2D eigenvalue weighted by Gasteiger charge is 2.38. The van der Waals surface area contributed by atoms with Crippen molar-refractivity contribution < 1.29 is 4.90 Å². The van der Waals surface area contributed by atoms with Gasteiger partial charge in [-0.05, 0) is 18.4 Å². The van der Waals surface area contributed by atoms with E-state index in [4.69, 9.17) is 0 Å². The molecule has 2 nitrogen and oxygen atoms in total. The van der Waals surface area contributed by atoms with Crippen LogP contribution in [-0.2, 0) is 5.41 Å². The lowest BCUT2D eigenvalue weighted by Gasteiger charge is -2.34. The molecule has 1 rings (SSSR count). The molecule has 1 aromatic rings. The number of nitrogens with one attached hydrogen (secondary N) is 1. The van der Waals surface area contributed by atoms with E-state index in [1.54, 1.807) is 0 Å². The molecule has 0 heterocycles. The third-order valence-electron chi connectivity index (χ3n) is 4.09. The minimum atomic E-state index is -0.377. The van der Waals surface area contributed by atoms with Crippen molar-refractivity contribution in [3.8, 4) is 6.07 Å². The van der Waals surface area contributed by atoms with E-state index in [1.807, 2.05) is 18.2 Å². The molecule has 2 heteroatoms. The molecule has 1 N–H and O–H groups in total. The second kappa shape index (κ2) is 6.02. The van der Waals surface area contributed by atoms with E-state index in [2.05, 4.69) is 53.1 Å². The first kappa shape index (κ1) is 14.7. The summed E-state index contributed by atoms with van der Waals surface area (Å²) in [5.74, 6) is 0.312. The van der Waals surface area contributed by atoms with Crippen molar-refractivity contribution in [2.24, 2.45) is 5.92 Å². The van der Waals surface area contributed by atoms with E-state index < -0.39 is 0 Å². The van der Waals surface area contributed by atoms with Gasteiger partial charge in [-0.25, -0.2) is 0 Å². The first-order chi connectivity index (χ1) is 8.44. The van der Waals surface area contributed by atoms with Crippen molar-refractivity contribution in [1.29, 1.82) is 5.26 Å². The van der Waals surface area contributed by atoms with Gasteiger partial charge in [-0.3, -0.25) is 0 Å². The molecular weight excluding hydrogens is 220 g/mol. The molecule has 0 amide bonds. The van der Waals surface area contributed by atoms with Gasteiger partial charge in [0.15, 0.2) is 0 Å². The Hall–Kier alpha value is -1.33. The Morgan fingerprint density at radius 2 is 1.72 bits per heavy atom. The van der Waals surface area contributed by atoms with Crippen LogP contribution in [0, 0.1) is 17.2 Å². The van der Waals surface area contributed by atoms with Gasteiger partial charge < -0.3 is 4.90 Å². The maximum Gasteiger partial charge on any atom is 0.0901 e. The van der Waals surface area contributed by atoms with Gasteiger partial charge in [0.05, 0.1) is 31.6 Å². The third kappa shape index (κ3) is 2.91. The fourth-order valence-corrected chi connectivity index (χ4v) is 2.35. The van der Waals surface area contributed by atoms with Crippen molar-refractivity contribution in [2.75, 3.05) is 14.1 Å². The number of nitriles is 1. The summed E-state index contributed by atoms with van der Waals surface area (Å²) in [7, 11) is 4.30. The highest BCUT2D eigenvalue weighted by Crippen LogP contribution is 2.35. The normalized spacial score (nSPS) is 16.3. The maximum atomic E-state index is 9.77. The molecule has 98 valence electrons. The van der Waals surface area contributed by atoms with Crippen molar-refractivity contribution in [3.63, 3.8) is 0 Å². The summed E-state index contributed by atoms with van der Waals surface area (Å²) in [6.45, 7) is 6.51. The molecule has 0 saturated heterocycles. The van der Waals surface area contributed by atoms with E-state index in [0.717, 1.165) is 12.0 Å². The Balaban J connectivity index is 3.16. The predicted octanol–water partition coefficient (Wildman–Crippen LogP) is 2.03. The SMILES string of the molecule is CC(CC(C#N)(c1ccccc1)C(C)C)[NH+](C)C. The molecule has 0 aliphatic carbocycles. The van der Waals surface area contributed by atoms with Gasteiger partial charge >= 0.3 is 0 Å². The smallest absolute Gasteiger partial charge is 0.0901 e. The Morgan fingerprint density at radius 3 is 2.11 bits per heavy atom. The average molecular weight is 245 g/mol. The summed E-state index contributed by atoms with van der Waals surface area (Å²) in [5, 5.41) is 9.77. The fourth-order valence-electron chi connectivity index (χ4n) is 2.35. The summed E-state index contributed by atoms with van der Waals surface area (Å²) in [5.41, 5.74) is 0.772. The lowest BCUT2D eigenvalue weighted by Crippen LogP contribution is -3.09. The van der Waals surface area contributed by atoms with Crippen molar-refractivity contribution in [3.05, 3.63) is 35.9 Å². The molecule has 1 aromatic carbocycles. The number of hydrogen-bond donors (Lipinski definition) is 1. The first-order valence-corrected chi connectivity index (χ1v) is 6.71. The average Bonchev–Trinajstić information content (AvgIpc) is 2.36. The van der Waals surface area contributed by atoms with Crippen molar-refractivity contribution in [1.82, 2.24) is 0 Å². The second-order valence-corrected chi connectivity index (χ2v) is 5.79. The van der Waals surface area contributed by atoms with Crippen LogP contribution in [0.2, 0.25) is 0 Å². The van der Waals surface area contributed by atoms with Crippen LogP contribution < -0.4 is 4.90 Å². The van der Waals surface area contributed by atoms with Crippen LogP contribution in [0.4, 0.5) is 0 Å². The monoisotopic (exact) mass is 245 g/mol. The molecule has 2 atom stereocenters. The van der Waals surface area contributed by atoms with E-state index in [9.17, 15) is 5.26 Å². The zero-order valence-electron chi connectivity index (χ0n) is 12.2. The van der Waals surface area contributed by atoms with Crippen LogP contribution in [-0.4, -0.2) is 20.1 Å². The second-order valence-electron chi connectivity index (χ2n) is 5.79. The number of hydrogen-bond acceptors (Lipinski definition) is 1. The van der Waals surface area contributed by atoms with Gasteiger partial charge in [0.1, 0.15) is 0 Å². The van der Waals surface area contributed by atoms with Gasteiger partial charge in [0.2, 0.25) is 0 Å². The molecular formula is C16H25N2+. The Morgan fingerprint density at radius 1 is 1.17 bits per heavy atom. The Labute approximate surface area is 111 Å². The van der Waals surface area contributed by atoms with Crippen molar-refractivity contribution in [2.45, 2.75) is 38.6 Å². The summed E-state index contributed by atoms with van der Waals surface area (Å²) in [6.07, 6.45) is 0.896. The Kier molecular flexibility index (Phi) is 4.93. The highest BCUT2D eigenvalue weighted by atomic mass is 15.1. The molecule has 2 unspecified atom stereocenters. The number of benzene rings is 1. The molecule has 0 bridgehead atoms. The van der Waals surface area contributed by atoms with E-state index in [1.165, 1.54) is 4.90 Å². The largest absolute Gasteiger partial charge is 0.338 e. The van der Waals surface area contributed by atoms with E-state index in [0.29, 0.717) is 12.0 Å². The standard InChI is InChI=1S/C16H24N2/c1-13(2)16(12-17,11-14(3)18(4)5)15-9-7-6-8-10-15/h6-10,13-14H,11H2,1-5H3/p+1. The number of quaternary nitrogens is 1. The quantitative estimate of drug-likeness (QED) is 0.844. The van der Waals surface area contributed by atoms with Crippen LogP contribution >= 0.6 is 0 Å². The van der Waals surface area contributed by atoms with Gasteiger partial charge in [0.25, 0.3) is 0 Å². The number of nitrogens with zero attached hydrogens (tertiary/aromatic N) is 1. The lowest BCUT2D eigenvalue weighted by atomic mass is 9.69. The molecule has 0 saturated carbocycles. The summed E-state index contributed by atoms with van der Waals surface area (Å²) in [6, 6.07) is 13.3. The summed E-state index contributed by atoms with van der Waals surface area (Å²) in [4.78, 5) is 1.39. The summed E-state index contributed by atoms with van der Waals surface area (Å²) < 4.78 is 0. The predicted molar refractivity (Wildman–Crippen MR) is 75.5 cm³/mol. The molecule has 0 aliphatic heterocycles. The van der Waals surface area contributed by atoms with Crippen LogP contribution in [0.1, 0.15) is 32.8 Å². The molecule has 0 fully saturated rings. The number of rotatable bonds is 5. The zero-order chi connectivity index (χ0) is 13.8. The fraction of sp³-hybridized carbons (Fsp3) is 0.562. The molecule has 0 aliphatic rings. The van der Waals surface area contributed by atoms with Crippen LogP contribution in [0.15, 0.2) is 30.3 Å². The Bertz CT molecular complexity index is 403. The van der Waals surface area contributed by atoms with E-state index in [-0.39, 0.29) is 5.41 Å². The zero-order valence-corrected chi connectivity index (χ0v) is 12.2. The lowest BCUT2D eigenvalue weighted by molar-refractivity contribution is -0.884. The molecule has 0 radical (unpaired) electrons. The van der Waals surface area contributed by atoms with Crippen LogP contribution in [0.5, 0.6) is 0 Å². The van der Waals surface area contributed by atoms with Gasteiger partial charge in [-0.15, -0.1) is 0 Å². The third-order valence-corrected chi connectivity index (χ3v) is 4.09. The minimum Gasteiger partial charge on any atom is -0.338 e. The van der Waals surface area contributed by atoms with Gasteiger partial charge in [0, 0.05) is 6.42 Å². The van der Waals surface area contributed by atoms with E-state index >= 15 is 0 Å². The van der Waals surface area contributed by atoms with Crippen LogP contribution in [0.25, 0.3) is 0 Å². The summed E-state index contributed by atoms with van der Waals surface area (Å²) >= 11 is 0. The van der Waals surface area contributed by atoms with Crippen molar-refractivity contribution >= 4 is 0 Å². The maximum absolute atomic E-state index is 9.77. The molecule has 0 aromatic heterocycles.